The largest absolute Gasteiger partial charge is 0.323 e. The molecule has 0 aliphatic heterocycles. The molecule has 2 amide bonds. The molecular formula is C18H14ClFN4O2. The highest BCUT2D eigenvalue weighted by atomic mass is 35.5. The number of aromatic nitrogens is 2. The first-order valence-electron chi connectivity index (χ1n) is 7.61. The highest BCUT2D eigenvalue weighted by molar-refractivity contribution is 6.33. The maximum Gasteiger partial charge on any atom is 0.323 e. The average molecular weight is 373 g/mol. The molecule has 2 N–H and O–H groups in total. The van der Waals surface area contributed by atoms with Gasteiger partial charge in [0.25, 0.3) is 5.56 Å². The van der Waals surface area contributed by atoms with Crippen molar-refractivity contribution in [1.29, 1.82) is 0 Å². The van der Waals surface area contributed by atoms with E-state index in [0.29, 0.717) is 11.4 Å². The highest BCUT2D eigenvalue weighted by Crippen LogP contribution is 2.25. The predicted octanol–water partition coefficient (Wildman–Crippen LogP) is 3.88. The average Bonchev–Trinajstić information content (AvgIpc) is 2.61. The van der Waals surface area contributed by atoms with E-state index >= 15 is 0 Å². The monoisotopic (exact) mass is 372 g/mol. The Bertz CT molecular complexity index is 998. The number of hydrogen-bond acceptors (Lipinski definition) is 3. The zero-order chi connectivity index (χ0) is 18.7. The SMILES string of the molecule is Cn1nc(-c2ccc(NC(=O)Nc3c(F)cccc3Cl)cc2)ccc1=O. The van der Waals surface area contributed by atoms with Crippen LogP contribution in [0.4, 0.5) is 20.6 Å². The summed E-state index contributed by atoms with van der Waals surface area (Å²) in [5.41, 5.74) is 1.63. The van der Waals surface area contributed by atoms with Crippen LogP contribution in [0.15, 0.2) is 59.4 Å². The Labute approximate surface area is 153 Å². The van der Waals surface area contributed by atoms with Crippen LogP contribution in [-0.4, -0.2) is 15.8 Å². The van der Waals surface area contributed by atoms with Gasteiger partial charge in [-0.2, -0.15) is 5.10 Å². The fourth-order valence-corrected chi connectivity index (χ4v) is 2.48. The lowest BCUT2D eigenvalue weighted by atomic mass is 10.1. The zero-order valence-electron chi connectivity index (χ0n) is 13.7. The van der Waals surface area contributed by atoms with Gasteiger partial charge in [0.2, 0.25) is 0 Å². The summed E-state index contributed by atoms with van der Waals surface area (Å²) in [6.45, 7) is 0. The molecule has 26 heavy (non-hydrogen) atoms. The Hall–Kier alpha value is -3.19. The molecule has 1 aromatic heterocycles. The van der Waals surface area contributed by atoms with Crippen molar-refractivity contribution in [2.45, 2.75) is 0 Å². The number of nitrogens with one attached hydrogen (secondary N) is 2. The molecule has 0 atom stereocenters. The van der Waals surface area contributed by atoms with Gasteiger partial charge in [0.1, 0.15) is 5.82 Å². The maximum absolute atomic E-state index is 13.7. The Morgan fingerprint density at radius 2 is 1.81 bits per heavy atom. The second kappa shape index (κ2) is 7.37. The molecule has 8 heteroatoms. The van der Waals surface area contributed by atoms with Crippen molar-refractivity contribution in [1.82, 2.24) is 9.78 Å². The number of anilines is 2. The van der Waals surface area contributed by atoms with Crippen LogP contribution in [0.5, 0.6) is 0 Å². The van der Waals surface area contributed by atoms with E-state index in [1.54, 1.807) is 37.4 Å². The second-order valence-electron chi connectivity index (χ2n) is 5.43. The summed E-state index contributed by atoms with van der Waals surface area (Å²) in [5.74, 6) is -0.622. The van der Waals surface area contributed by atoms with Gasteiger partial charge in [-0.1, -0.05) is 29.8 Å². The number of carbonyl (C=O) groups excluding carboxylic acids is 1. The highest BCUT2D eigenvalue weighted by Gasteiger charge is 2.11. The third kappa shape index (κ3) is 3.89. The number of rotatable bonds is 3. The summed E-state index contributed by atoms with van der Waals surface area (Å²) in [4.78, 5) is 23.4. The third-order valence-electron chi connectivity index (χ3n) is 3.60. The van der Waals surface area contributed by atoms with Crippen LogP contribution in [0, 0.1) is 5.82 Å². The first-order valence-corrected chi connectivity index (χ1v) is 7.98. The van der Waals surface area contributed by atoms with Gasteiger partial charge in [-0.25, -0.2) is 13.9 Å². The summed E-state index contributed by atoms with van der Waals surface area (Å²) in [7, 11) is 1.57. The first-order chi connectivity index (χ1) is 12.4. The van der Waals surface area contributed by atoms with Gasteiger partial charge >= 0.3 is 6.03 Å². The summed E-state index contributed by atoms with van der Waals surface area (Å²) in [6.07, 6.45) is 0. The molecule has 0 saturated heterocycles. The Morgan fingerprint density at radius 3 is 2.46 bits per heavy atom. The standard InChI is InChI=1S/C18H14ClFN4O2/c1-24-16(25)10-9-15(23-24)11-5-7-12(8-6-11)21-18(26)22-17-13(19)3-2-4-14(17)20/h2-10H,1H3,(H2,21,22,26). The third-order valence-corrected chi connectivity index (χ3v) is 3.92. The Kier molecular flexibility index (Phi) is 4.99. The summed E-state index contributed by atoms with van der Waals surface area (Å²) >= 11 is 5.88. The van der Waals surface area contributed by atoms with Crippen LogP contribution >= 0.6 is 11.6 Å². The van der Waals surface area contributed by atoms with E-state index < -0.39 is 11.8 Å². The topological polar surface area (TPSA) is 76.0 Å². The molecule has 2 aromatic carbocycles. The van der Waals surface area contributed by atoms with E-state index in [1.807, 2.05) is 0 Å². The van der Waals surface area contributed by atoms with Crippen molar-refractivity contribution >= 4 is 29.0 Å². The van der Waals surface area contributed by atoms with Gasteiger partial charge in [-0.05, 0) is 30.3 Å². The lowest BCUT2D eigenvalue weighted by Gasteiger charge is -2.10. The molecule has 3 rings (SSSR count). The molecular weight excluding hydrogens is 359 g/mol. The van der Waals surface area contributed by atoms with Gasteiger partial charge in [-0.15, -0.1) is 0 Å². The minimum Gasteiger partial charge on any atom is -0.308 e. The van der Waals surface area contributed by atoms with Crippen molar-refractivity contribution in [3.8, 4) is 11.3 Å². The van der Waals surface area contributed by atoms with Crippen LogP contribution in [0.2, 0.25) is 5.02 Å². The molecule has 0 spiro atoms. The molecule has 0 aliphatic carbocycles. The Balaban J connectivity index is 1.72. The van der Waals surface area contributed by atoms with E-state index in [0.717, 1.165) is 5.56 Å². The summed E-state index contributed by atoms with van der Waals surface area (Å²) in [6, 6.07) is 13.4. The summed E-state index contributed by atoms with van der Waals surface area (Å²) in [5, 5.41) is 9.24. The molecule has 0 saturated carbocycles. The molecule has 132 valence electrons. The lowest BCUT2D eigenvalue weighted by molar-refractivity contribution is 0.262. The first kappa shape index (κ1) is 17.6. The van der Waals surface area contributed by atoms with E-state index in [9.17, 15) is 14.0 Å². The lowest BCUT2D eigenvalue weighted by Crippen LogP contribution is -2.20. The van der Waals surface area contributed by atoms with Crippen LogP contribution in [0.3, 0.4) is 0 Å². The molecule has 3 aromatic rings. The van der Waals surface area contributed by atoms with Crippen molar-refractivity contribution in [3.05, 3.63) is 75.8 Å². The van der Waals surface area contributed by atoms with E-state index in [-0.39, 0.29) is 16.3 Å². The van der Waals surface area contributed by atoms with E-state index in [4.69, 9.17) is 11.6 Å². The van der Waals surface area contributed by atoms with Crippen LogP contribution in [0.25, 0.3) is 11.3 Å². The molecule has 0 radical (unpaired) electrons. The number of benzene rings is 2. The number of para-hydroxylation sites is 1. The molecule has 0 unspecified atom stereocenters. The number of nitrogens with zero attached hydrogens (tertiary/aromatic N) is 2. The van der Waals surface area contributed by atoms with Crippen molar-refractivity contribution in [2.75, 3.05) is 10.6 Å². The molecule has 0 bridgehead atoms. The van der Waals surface area contributed by atoms with Gasteiger partial charge < -0.3 is 10.6 Å². The number of hydrogen-bond donors (Lipinski definition) is 2. The number of amides is 2. The molecule has 1 heterocycles. The fraction of sp³-hybridized carbons (Fsp3) is 0.0556. The zero-order valence-corrected chi connectivity index (χ0v) is 14.4. The smallest absolute Gasteiger partial charge is 0.308 e. The van der Waals surface area contributed by atoms with Gasteiger partial charge in [-0.3, -0.25) is 4.79 Å². The van der Waals surface area contributed by atoms with E-state index in [2.05, 4.69) is 15.7 Å². The molecule has 0 fully saturated rings. The van der Waals surface area contributed by atoms with Crippen LogP contribution in [0.1, 0.15) is 0 Å². The van der Waals surface area contributed by atoms with Crippen LogP contribution in [-0.2, 0) is 7.05 Å². The second-order valence-corrected chi connectivity index (χ2v) is 5.84. The normalized spacial score (nSPS) is 10.4. The van der Waals surface area contributed by atoms with Crippen LogP contribution < -0.4 is 16.2 Å². The minimum atomic E-state index is -0.622. The van der Waals surface area contributed by atoms with Crippen molar-refractivity contribution in [3.63, 3.8) is 0 Å². The summed E-state index contributed by atoms with van der Waals surface area (Å²) < 4.78 is 14.9. The van der Waals surface area contributed by atoms with Crippen molar-refractivity contribution < 1.29 is 9.18 Å². The Morgan fingerprint density at radius 1 is 1.08 bits per heavy atom. The fourth-order valence-electron chi connectivity index (χ4n) is 2.27. The minimum absolute atomic E-state index is 0.0855. The molecule has 6 nitrogen and oxygen atoms in total. The van der Waals surface area contributed by atoms with E-state index in [1.165, 1.54) is 28.9 Å². The number of aryl methyl sites for hydroxylation is 1. The van der Waals surface area contributed by atoms with Gasteiger partial charge in [0.05, 0.1) is 16.4 Å². The van der Waals surface area contributed by atoms with Gasteiger partial charge in [0.15, 0.2) is 0 Å². The number of halogens is 2. The number of carbonyl (C=O) groups is 1. The van der Waals surface area contributed by atoms with Crippen molar-refractivity contribution in [2.24, 2.45) is 7.05 Å². The maximum atomic E-state index is 13.7. The van der Waals surface area contributed by atoms with Gasteiger partial charge in [0, 0.05) is 24.4 Å². The quantitative estimate of drug-likeness (QED) is 0.732. The number of urea groups is 1. The predicted molar refractivity (Wildman–Crippen MR) is 99.0 cm³/mol. The molecule has 0 aliphatic rings.